The summed E-state index contributed by atoms with van der Waals surface area (Å²) in [5.74, 6) is 5.36. The number of nitrogens with one attached hydrogen (secondary N) is 1. The molecule has 5 heteroatoms. The van der Waals surface area contributed by atoms with Gasteiger partial charge in [-0.3, -0.25) is 11.3 Å². The van der Waals surface area contributed by atoms with E-state index in [1.54, 1.807) is 23.5 Å². The van der Waals surface area contributed by atoms with Crippen LogP contribution in [0.1, 0.15) is 10.4 Å². The number of nitrogens with two attached hydrogens (primary N) is 1. The molecule has 18 heavy (non-hydrogen) atoms. The van der Waals surface area contributed by atoms with Crippen molar-refractivity contribution in [2.45, 2.75) is 18.9 Å². The smallest absolute Gasteiger partial charge is 0.123 e. The van der Waals surface area contributed by atoms with Gasteiger partial charge in [0.05, 0.1) is 3.79 Å². The van der Waals surface area contributed by atoms with Crippen LogP contribution in [0.5, 0.6) is 0 Å². The van der Waals surface area contributed by atoms with Gasteiger partial charge in [-0.1, -0.05) is 12.1 Å². The summed E-state index contributed by atoms with van der Waals surface area (Å²) in [5.41, 5.74) is 3.75. The maximum Gasteiger partial charge on any atom is 0.123 e. The molecule has 0 aliphatic rings. The zero-order chi connectivity index (χ0) is 13.0. The normalized spacial score (nSPS) is 12.6. The van der Waals surface area contributed by atoms with Crippen LogP contribution in [0.2, 0.25) is 0 Å². The van der Waals surface area contributed by atoms with Crippen LogP contribution < -0.4 is 11.3 Å². The molecule has 0 spiro atoms. The van der Waals surface area contributed by atoms with Crippen molar-refractivity contribution < 1.29 is 4.39 Å². The van der Waals surface area contributed by atoms with E-state index in [1.807, 2.05) is 12.1 Å². The maximum atomic E-state index is 13.1. The van der Waals surface area contributed by atoms with E-state index in [2.05, 4.69) is 27.4 Å². The third-order valence-corrected chi connectivity index (χ3v) is 4.33. The summed E-state index contributed by atoms with van der Waals surface area (Å²) in [6, 6.07) is 10.8. The van der Waals surface area contributed by atoms with Gasteiger partial charge in [-0.25, -0.2) is 4.39 Å². The molecule has 0 saturated carbocycles. The second-order valence-corrected chi connectivity index (χ2v) is 6.66. The maximum absolute atomic E-state index is 13.1. The lowest BCUT2D eigenvalue weighted by Crippen LogP contribution is -2.38. The second-order valence-electron chi connectivity index (χ2n) is 4.11. The van der Waals surface area contributed by atoms with E-state index in [0.717, 1.165) is 15.8 Å². The van der Waals surface area contributed by atoms with E-state index in [9.17, 15) is 4.39 Å². The minimum absolute atomic E-state index is 0.109. The second kappa shape index (κ2) is 6.43. The van der Waals surface area contributed by atoms with Crippen LogP contribution in [-0.2, 0) is 12.8 Å². The van der Waals surface area contributed by atoms with Crippen molar-refractivity contribution in [1.29, 1.82) is 0 Å². The molecule has 1 unspecified atom stereocenters. The number of halogens is 2. The molecule has 0 amide bonds. The first kappa shape index (κ1) is 13.7. The van der Waals surface area contributed by atoms with E-state index in [1.165, 1.54) is 10.9 Å². The zero-order valence-corrected chi connectivity index (χ0v) is 12.1. The van der Waals surface area contributed by atoms with E-state index >= 15 is 0 Å². The number of thiophene rings is 1. The first-order valence-electron chi connectivity index (χ1n) is 5.62. The summed E-state index contributed by atoms with van der Waals surface area (Å²) in [5, 5.41) is 0. The van der Waals surface area contributed by atoms with Crippen LogP contribution in [0.15, 0.2) is 40.2 Å². The van der Waals surface area contributed by atoms with Crippen molar-refractivity contribution >= 4 is 27.3 Å². The summed E-state index contributed by atoms with van der Waals surface area (Å²) in [6.07, 6.45) is 1.55. The van der Waals surface area contributed by atoms with Gasteiger partial charge in [-0.05, 0) is 58.6 Å². The van der Waals surface area contributed by atoms with Crippen molar-refractivity contribution in [3.8, 4) is 0 Å². The van der Waals surface area contributed by atoms with Crippen molar-refractivity contribution in [3.63, 3.8) is 0 Å². The monoisotopic (exact) mass is 328 g/mol. The standard InChI is InChI=1S/C13H14BrFN2S/c14-13-5-4-12(18-13)8-11(17-16)7-9-2-1-3-10(15)6-9/h1-6,11,17H,7-8,16H2. The molecule has 1 heterocycles. The van der Waals surface area contributed by atoms with Crippen molar-refractivity contribution in [1.82, 2.24) is 5.43 Å². The largest absolute Gasteiger partial charge is 0.271 e. The van der Waals surface area contributed by atoms with Crippen LogP contribution in [0.3, 0.4) is 0 Å². The molecule has 3 N–H and O–H groups in total. The van der Waals surface area contributed by atoms with Gasteiger partial charge in [0.25, 0.3) is 0 Å². The average molecular weight is 329 g/mol. The number of hydrogen-bond donors (Lipinski definition) is 2. The molecule has 1 atom stereocenters. The van der Waals surface area contributed by atoms with Crippen LogP contribution in [0.4, 0.5) is 4.39 Å². The van der Waals surface area contributed by atoms with Crippen LogP contribution in [0.25, 0.3) is 0 Å². The van der Waals surface area contributed by atoms with Gasteiger partial charge in [0, 0.05) is 10.9 Å². The SMILES string of the molecule is NNC(Cc1cccc(F)c1)Cc1ccc(Br)s1. The summed E-state index contributed by atoms with van der Waals surface area (Å²) in [4.78, 5) is 1.25. The number of rotatable bonds is 5. The predicted molar refractivity (Wildman–Crippen MR) is 76.9 cm³/mol. The fourth-order valence-corrected chi connectivity index (χ4v) is 3.41. The minimum Gasteiger partial charge on any atom is -0.271 e. The highest BCUT2D eigenvalue weighted by molar-refractivity contribution is 9.11. The topological polar surface area (TPSA) is 38.0 Å². The summed E-state index contributed by atoms with van der Waals surface area (Å²) in [6.45, 7) is 0. The number of hydrazine groups is 1. The molecule has 2 aromatic rings. The molecule has 2 rings (SSSR count). The predicted octanol–water partition coefficient (Wildman–Crippen LogP) is 3.27. The van der Waals surface area contributed by atoms with Gasteiger partial charge in [-0.15, -0.1) is 11.3 Å². The summed E-state index contributed by atoms with van der Waals surface area (Å²) >= 11 is 5.13. The van der Waals surface area contributed by atoms with Gasteiger partial charge < -0.3 is 0 Å². The molecule has 0 aliphatic carbocycles. The summed E-state index contributed by atoms with van der Waals surface area (Å²) < 4.78 is 14.2. The van der Waals surface area contributed by atoms with Crippen LogP contribution in [0, 0.1) is 5.82 Å². The molecule has 0 fully saturated rings. The van der Waals surface area contributed by atoms with E-state index in [0.29, 0.717) is 6.42 Å². The fourth-order valence-electron chi connectivity index (χ4n) is 1.84. The lowest BCUT2D eigenvalue weighted by atomic mass is 10.0. The molecular formula is C13H14BrFN2S. The highest BCUT2D eigenvalue weighted by Gasteiger charge is 2.10. The molecule has 0 saturated heterocycles. The third-order valence-electron chi connectivity index (χ3n) is 2.68. The van der Waals surface area contributed by atoms with E-state index in [-0.39, 0.29) is 11.9 Å². The first-order valence-corrected chi connectivity index (χ1v) is 7.23. The zero-order valence-electron chi connectivity index (χ0n) is 9.70. The molecule has 1 aromatic carbocycles. The van der Waals surface area contributed by atoms with Gasteiger partial charge in [0.1, 0.15) is 5.82 Å². The van der Waals surface area contributed by atoms with Gasteiger partial charge >= 0.3 is 0 Å². The Morgan fingerprint density at radius 1 is 1.28 bits per heavy atom. The lowest BCUT2D eigenvalue weighted by molar-refractivity contribution is 0.523. The molecule has 2 nitrogen and oxygen atoms in total. The molecule has 0 aliphatic heterocycles. The molecule has 0 bridgehead atoms. The van der Waals surface area contributed by atoms with Crippen LogP contribution in [-0.4, -0.2) is 6.04 Å². The average Bonchev–Trinajstić information content (AvgIpc) is 2.74. The Balaban J connectivity index is 2.01. The fraction of sp³-hybridized carbons (Fsp3) is 0.231. The van der Waals surface area contributed by atoms with Crippen LogP contribution >= 0.6 is 27.3 Å². The third kappa shape index (κ3) is 3.88. The Labute approximate surface area is 118 Å². The van der Waals surface area contributed by atoms with Crippen molar-refractivity contribution in [2.24, 2.45) is 5.84 Å². The van der Waals surface area contributed by atoms with Crippen molar-refractivity contribution in [3.05, 3.63) is 56.4 Å². The lowest BCUT2D eigenvalue weighted by Gasteiger charge is -2.15. The Morgan fingerprint density at radius 3 is 2.72 bits per heavy atom. The Bertz CT molecular complexity index is 515. The van der Waals surface area contributed by atoms with Gasteiger partial charge in [0.2, 0.25) is 0 Å². The minimum atomic E-state index is -0.206. The summed E-state index contributed by atoms with van der Waals surface area (Å²) in [7, 11) is 0. The van der Waals surface area contributed by atoms with E-state index in [4.69, 9.17) is 5.84 Å². The molecular weight excluding hydrogens is 315 g/mol. The highest BCUT2D eigenvalue weighted by atomic mass is 79.9. The molecule has 0 radical (unpaired) electrons. The Morgan fingerprint density at radius 2 is 2.11 bits per heavy atom. The first-order chi connectivity index (χ1) is 8.67. The van der Waals surface area contributed by atoms with Gasteiger partial charge in [-0.2, -0.15) is 0 Å². The van der Waals surface area contributed by atoms with E-state index < -0.39 is 0 Å². The Kier molecular flexibility index (Phi) is 4.88. The Hall–Kier alpha value is -0.750. The van der Waals surface area contributed by atoms with Gasteiger partial charge in [0.15, 0.2) is 0 Å². The van der Waals surface area contributed by atoms with Crippen molar-refractivity contribution in [2.75, 3.05) is 0 Å². The molecule has 96 valence electrons. The molecule has 1 aromatic heterocycles. The number of benzene rings is 1. The number of hydrogen-bond acceptors (Lipinski definition) is 3. The highest BCUT2D eigenvalue weighted by Crippen LogP contribution is 2.23. The quantitative estimate of drug-likeness (QED) is 0.653.